The van der Waals surface area contributed by atoms with Gasteiger partial charge >= 0.3 is 0 Å². The molecule has 0 amide bonds. The molecular formula is C5H8IN. The number of nitrogens with zero attached hydrogens (tertiary/aromatic N) is 1. The second kappa shape index (κ2) is 6.01. The fourth-order valence-corrected chi connectivity index (χ4v) is 0.941. The summed E-state index contributed by atoms with van der Waals surface area (Å²) in [6.45, 7) is 3.52. The molecule has 0 aliphatic rings. The van der Waals surface area contributed by atoms with Gasteiger partial charge in [-0.1, -0.05) is 18.7 Å². The molecule has 2 heteroatoms. The standard InChI is InChI=1S/C5H8IN/c1-3-4-5-6-7-2/h3-5H,1H2,2H3/b5-4-. The van der Waals surface area contributed by atoms with Crippen molar-refractivity contribution >= 4 is 21.0 Å². The van der Waals surface area contributed by atoms with Gasteiger partial charge in [-0.2, -0.15) is 0 Å². The molecular weight excluding hydrogens is 201 g/mol. The van der Waals surface area contributed by atoms with Crippen LogP contribution in [0.3, 0.4) is 0 Å². The van der Waals surface area contributed by atoms with Crippen molar-refractivity contribution in [2.45, 2.75) is 0 Å². The lowest BCUT2D eigenvalue weighted by Gasteiger charge is -1.64. The summed E-state index contributed by atoms with van der Waals surface area (Å²) in [7, 11) is 1.83. The predicted octanol–water partition coefficient (Wildman–Crippen LogP) is 2.47. The van der Waals surface area contributed by atoms with Gasteiger partial charge in [-0.05, 0) is 4.08 Å². The Hall–Kier alpha value is 0.01000. The van der Waals surface area contributed by atoms with Crippen molar-refractivity contribution in [1.29, 1.82) is 0 Å². The summed E-state index contributed by atoms with van der Waals surface area (Å²) in [6.07, 6.45) is 3.70. The molecule has 0 unspecified atom stereocenters. The van der Waals surface area contributed by atoms with Crippen molar-refractivity contribution in [3.63, 3.8) is 0 Å². The minimum absolute atomic E-state index is 0.00524. The molecule has 0 aromatic rings. The molecule has 0 atom stereocenters. The maximum absolute atomic E-state index is 3.95. The largest absolute Gasteiger partial charge is 0.262 e. The third-order valence-electron chi connectivity index (χ3n) is 0.363. The van der Waals surface area contributed by atoms with E-state index in [2.05, 4.69) is 13.8 Å². The highest BCUT2D eigenvalue weighted by molar-refractivity contribution is 14.2. The summed E-state index contributed by atoms with van der Waals surface area (Å²) in [6, 6.07) is 0. The molecule has 0 heterocycles. The van der Waals surface area contributed by atoms with Crippen LogP contribution in [0, 0.1) is 0 Å². The van der Waals surface area contributed by atoms with Gasteiger partial charge in [0.2, 0.25) is 0 Å². The average molecular weight is 209 g/mol. The number of hydrogen-bond donors (Lipinski definition) is 0. The first-order chi connectivity index (χ1) is 3.41. The zero-order valence-electron chi connectivity index (χ0n) is 4.26. The van der Waals surface area contributed by atoms with Crippen LogP contribution in [0.4, 0.5) is 0 Å². The van der Waals surface area contributed by atoms with Crippen LogP contribution in [-0.2, 0) is 0 Å². The van der Waals surface area contributed by atoms with Gasteiger partial charge in [-0.15, -0.1) is 0 Å². The van der Waals surface area contributed by atoms with Crippen molar-refractivity contribution in [1.82, 2.24) is 0 Å². The second-order valence-corrected chi connectivity index (χ2v) is 3.06. The summed E-state index contributed by atoms with van der Waals surface area (Å²) in [4.78, 5) is 0. The van der Waals surface area contributed by atoms with Crippen LogP contribution in [0.15, 0.2) is 26.0 Å². The third kappa shape index (κ3) is 6.01. The first-order valence-electron chi connectivity index (χ1n) is 1.91. The van der Waals surface area contributed by atoms with Crippen LogP contribution in [-0.4, -0.2) is 7.05 Å². The quantitative estimate of drug-likeness (QED) is 0.489. The van der Waals surface area contributed by atoms with Crippen molar-refractivity contribution in [2.24, 2.45) is 3.15 Å². The lowest BCUT2D eigenvalue weighted by atomic mass is 10.6. The molecule has 0 aliphatic carbocycles. The summed E-state index contributed by atoms with van der Waals surface area (Å²) in [5.41, 5.74) is 0. The van der Waals surface area contributed by atoms with E-state index in [4.69, 9.17) is 0 Å². The van der Waals surface area contributed by atoms with Gasteiger partial charge in [-0.3, -0.25) is 3.15 Å². The Kier molecular flexibility index (Phi) is 6.02. The van der Waals surface area contributed by atoms with Crippen LogP contribution in [0.1, 0.15) is 0 Å². The number of allylic oxidation sites excluding steroid dienone is 2. The first kappa shape index (κ1) is 7.01. The molecule has 0 rings (SSSR count). The highest BCUT2D eigenvalue weighted by Crippen LogP contribution is 1.98. The van der Waals surface area contributed by atoms with Gasteiger partial charge in [0.05, 0.1) is 0 Å². The van der Waals surface area contributed by atoms with E-state index in [1.54, 1.807) is 6.08 Å². The van der Waals surface area contributed by atoms with E-state index in [1.807, 2.05) is 13.1 Å². The van der Waals surface area contributed by atoms with E-state index in [1.165, 1.54) is 0 Å². The fourth-order valence-electron chi connectivity index (χ4n) is 0.140. The smallest absolute Gasteiger partial charge is 0.0336 e. The van der Waals surface area contributed by atoms with Gasteiger partial charge in [0.1, 0.15) is 0 Å². The van der Waals surface area contributed by atoms with Crippen molar-refractivity contribution in [2.75, 3.05) is 7.05 Å². The van der Waals surface area contributed by atoms with Crippen LogP contribution < -0.4 is 0 Å². The van der Waals surface area contributed by atoms with Crippen LogP contribution in [0.5, 0.6) is 0 Å². The normalized spacial score (nSPS) is 12.1. The molecule has 7 heavy (non-hydrogen) atoms. The van der Waals surface area contributed by atoms with E-state index < -0.39 is 0 Å². The van der Waals surface area contributed by atoms with E-state index >= 15 is 0 Å². The summed E-state index contributed by atoms with van der Waals surface area (Å²) in [5.74, 6) is 0. The molecule has 0 bridgehead atoms. The summed E-state index contributed by atoms with van der Waals surface area (Å²) >= 11 is -0.00524. The number of rotatable bonds is 2. The molecule has 0 saturated heterocycles. The van der Waals surface area contributed by atoms with Gasteiger partial charge < -0.3 is 0 Å². The monoisotopic (exact) mass is 209 g/mol. The number of halogens is 1. The Morgan fingerprint density at radius 3 is 2.86 bits per heavy atom. The Balaban J connectivity index is 3.27. The number of hydrogen-bond acceptors (Lipinski definition) is 1. The minimum Gasteiger partial charge on any atom is -0.262 e. The Morgan fingerprint density at radius 2 is 2.43 bits per heavy atom. The first-order valence-corrected chi connectivity index (χ1v) is 4.12. The molecule has 0 saturated carbocycles. The van der Waals surface area contributed by atoms with Gasteiger partial charge in [-0.25, -0.2) is 0 Å². The van der Waals surface area contributed by atoms with Crippen LogP contribution >= 0.6 is 21.0 Å². The maximum Gasteiger partial charge on any atom is 0.0336 e. The van der Waals surface area contributed by atoms with Crippen molar-refractivity contribution in [3.05, 3.63) is 22.8 Å². The van der Waals surface area contributed by atoms with Crippen molar-refractivity contribution < 1.29 is 0 Å². The zero-order chi connectivity index (χ0) is 5.54. The predicted molar refractivity (Wildman–Crippen MR) is 41.7 cm³/mol. The molecule has 0 fully saturated rings. The fraction of sp³-hybridized carbons (Fsp3) is 0.200. The summed E-state index contributed by atoms with van der Waals surface area (Å²) < 4.78 is 6.01. The van der Waals surface area contributed by atoms with Gasteiger partial charge in [0.25, 0.3) is 0 Å². The Morgan fingerprint density at radius 1 is 1.71 bits per heavy atom. The molecule has 0 spiro atoms. The topological polar surface area (TPSA) is 12.4 Å². The Labute approximate surface area is 54.3 Å². The lowest BCUT2D eigenvalue weighted by molar-refractivity contribution is 1.55. The van der Waals surface area contributed by atoms with Crippen LogP contribution in [0.25, 0.3) is 0 Å². The highest BCUT2D eigenvalue weighted by atomic mass is 127. The molecule has 0 aliphatic heterocycles. The Bertz CT molecular complexity index is 94.3. The average Bonchev–Trinajstić information content (AvgIpc) is 1.69. The zero-order valence-corrected chi connectivity index (χ0v) is 6.42. The molecule has 1 nitrogen and oxygen atoms in total. The molecule has 0 N–H and O–H groups in total. The van der Waals surface area contributed by atoms with Gasteiger partial charge in [0, 0.05) is 28.1 Å². The third-order valence-corrected chi connectivity index (χ3v) is 1.66. The van der Waals surface area contributed by atoms with Crippen LogP contribution in [0.2, 0.25) is 0 Å². The maximum atomic E-state index is 3.95. The lowest BCUT2D eigenvalue weighted by Crippen LogP contribution is -1.34. The second-order valence-electron chi connectivity index (χ2n) is 0.821. The summed E-state index contributed by atoms with van der Waals surface area (Å²) in [5, 5.41) is 0. The SMILES string of the molecule is C=C/C=C\I=NC. The van der Waals surface area contributed by atoms with E-state index in [0.717, 1.165) is 0 Å². The van der Waals surface area contributed by atoms with E-state index in [0.29, 0.717) is 0 Å². The van der Waals surface area contributed by atoms with E-state index in [9.17, 15) is 0 Å². The molecule has 0 aromatic carbocycles. The molecule has 40 valence electrons. The minimum atomic E-state index is -0.00524. The molecule has 0 aromatic heterocycles. The van der Waals surface area contributed by atoms with Gasteiger partial charge in [0.15, 0.2) is 0 Å². The molecule has 0 radical (unpaired) electrons. The highest BCUT2D eigenvalue weighted by Gasteiger charge is 1.54. The van der Waals surface area contributed by atoms with E-state index in [-0.39, 0.29) is 21.0 Å². The van der Waals surface area contributed by atoms with Crippen molar-refractivity contribution in [3.8, 4) is 0 Å².